The maximum absolute atomic E-state index is 3.72. The molecule has 0 nitrogen and oxygen atoms in total. The van der Waals surface area contributed by atoms with Crippen molar-refractivity contribution in [2.24, 2.45) is 0 Å². The Morgan fingerprint density at radius 1 is 1.43 bits per heavy atom. The third-order valence-electron chi connectivity index (χ3n) is 1.80. The summed E-state index contributed by atoms with van der Waals surface area (Å²) in [6.45, 7) is 5.74. The predicted molar refractivity (Wildman–Crippen MR) is 72.1 cm³/mol. The van der Waals surface area contributed by atoms with Gasteiger partial charge in [0.15, 0.2) is 0 Å². The van der Waals surface area contributed by atoms with E-state index in [1.807, 2.05) is 25.2 Å². The summed E-state index contributed by atoms with van der Waals surface area (Å²) in [5, 5.41) is 0. The minimum absolute atomic E-state index is 1.20. The molecule has 0 radical (unpaired) electrons. The molecule has 0 atom stereocenters. The molecule has 0 unspecified atom stereocenters. The van der Waals surface area contributed by atoms with E-state index in [0.717, 1.165) is 0 Å². The number of halogens is 1. The highest BCUT2D eigenvalue weighted by atomic mass is 127. The van der Waals surface area contributed by atoms with E-state index in [9.17, 15) is 0 Å². The number of hydrogen-bond acceptors (Lipinski definition) is 0. The Morgan fingerprint density at radius 2 is 2.21 bits per heavy atom. The Hall–Kier alpha value is -0.830. The van der Waals surface area contributed by atoms with Gasteiger partial charge in [-0.05, 0) is 52.8 Å². The summed E-state index contributed by atoms with van der Waals surface area (Å²) in [5.41, 5.74) is 2.43. The van der Waals surface area contributed by atoms with E-state index < -0.39 is 0 Å². The van der Waals surface area contributed by atoms with Crippen molar-refractivity contribution in [1.82, 2.24) is 0 Å². The van der Waals surface area contributed by atoms with E-state index in [2.05, 4.69) is 59.5 Å². The van der Waals surface area contributed by atoms with E-state index in [1.54, 1.807) is 0 Å². The normalized spacial score (nSPS) is 12.0. The maximum atomic E-state index is 3.72. The summed E-state index contributed by atoms with van der Waals surface area (Å²) in [7, 11) is 0. The van der Waals surface area contributed by atoms with Crippen LogP contribution < -0.4 is 0 Å². The molecule has 72 valence electrons. The van der Waals surface area contributed by atoms with Crippen molar-refractivity contribution in [2.75, 3.05) is 0 Å². The zero-order chi connectivity index (χ0) is 10.4. The first-order valence-electron chi connectivity index (χ1n) is 4.49. The molecule has 0 N–H and O–H groups in total. The summed E-state index contributed by atoms with van der Waals surface area (Å²) in [6, 6.07) is 8.43. The molecular formula is C13H13I. The first-order valence-corrected chi connectivity index (χ1v) is 5.57. The Balaban J connectivity index is 3.11. The highest BCUT2D eigenvalue weighted by molar-refractivity contribution is 14.1. The summed E-state index contributed by atoms with van der Waals surface area (Å²) < 4.78 is 1.25. The minimum atomic E-state index is 1.20. The first-order chi connectivity index (χ1) is 6.77. The average molecular weight is 296 g/mol. The molecule has 1 aromatic rings. The van der Waals surface area contributed by atoms with Crippen molar-refractivity contribution >= 4 is 28.2 Å². The molecule has 0 aliphatic carbocycles. The lowest BCUT2D eigenvalue weighted by Crippen LogP contribution is -1.81. The van der Waals surface area contributed by atoms with Crippen LogP contribution in [0, 0.1) is 3.57 Å². The molecule has 0 fully saturated rings. The van der Waals surface area contributed by atoms with E-state index >= 15 is 0 Å². The molecule has 1 heteroatoms. The predicted octanol–water partition coefficient (Wildman–Crippen LogP) is 4.44. The smallest absolute Gasteiger partial charge is 0.0136 e. The van der Waals surface area contributed by atoms with Gasteiger partial charge in [-0.15, -0.1) is 0 Å². The second-order valence-electron chi connectivity index (χ2n) is 2.87. The van der Waals surface area contributed by atoms with Gasteiger partial charge in [-0.3, -0.25) is 0 Å². The van der Waals surface area contributed by atoms with E-state index in [1.165, 1.54) is 14.7 Å². The van der Waals surface area contributed by atoms with Gasteiger partial charge in [0, 0.05) is 3.57 Å². The lowest BCUT2D eigenvalue weighted by atomic mass is 10.1. The van der Waals surface area contributed by atoms with Crippen LogP contribution in [0.25, 0.3) is 5.57 Å². The Kier molecular flexibility index (Phi) is 4.66. The molecule has 0 aromatic heterocycles. The van der Waals surface area contributed by atoms with Crippen LogP contribution in [0.5, 0.6) is 0 Å². The van der Waals surface area contributed by atoms with Crippen molar-refractivity contribution in [3.8, 4) is 0 Å². The zero-order valence-corrected chi connectivity index (χ0v) is 10.4. The van der Waals surface area contributed by atoms with Crippen molar-refractivity contribution < 1.29 is 0 Å². The molecule has 0 saturated heterocycles. The number of rotatable bonds is 3. The molecule has 1 rings (SSSR count). The van der Waals surface area contributed by atoms with E-state index in [4.69, 9.17) is 0 Å². The van der Waals surface area contributed by atoms with Crippen LogP contribution in [-0.4, -0.2) is 0 Å². The van der Waals surface area contributed by atoms with Crippen LogP contribution in [0.4, 0.5) is 0 Å². The van der Waals surface area contributed by atoms with Gasteiger partial charge in [-0.2, -0.15) is 0 Å². The van der Waals surface area contributed by atoms with Crippen LogP contribution in [0.3, 0.4) is 0 Å². The van der Waals surface area contributed by atoms with E-state index in [0.29, 0.717) is 0 Å². The maximum Gasteiger partial charge on any atom is 0.0136 e. The van der Waals surface area contributed by atoms with Gasteiger partial charge in [0.1, 0.15) is 0 Å². The highest BCUT2D eigenvalue weighted by Crippen LogP contribution is 2.18. The molecule has 0 spiro atoms. The summed E-state index contributed by atoms with van der Waals surface area (Å²) in [4.78, 5) is 0. The molecule has 0 aliphatic rings. The largest absolute Gasteiger partial charge is 0.0990 e. The SMILES string of the molecule is C=C/C=C(\C=C/C)c1cccc(I)c1. The highest BCUT2D eigenvalue weighted by Gasteiger charge is 1.96. The van der Waals surface area contributed by atoms with Crippen LogP contribution in [0.15, 0.2) is 55.1 Å². The third-order valence-corrected chi connectivity index (χ3v) is 2.47. The Morgan fingerprint density at radius 3 is 2.79 bits per heavy atom. The number of hydrogen-bond donors (Lipinski definition) is 0. The van der Waals surface area contributed by atoms with Crippen LogP contribution in [-0.2, 0) is 0 Å². The number of benzene rings is 1. The second-order valence-corrected chi connectivity index (χ2v) is 4.11. The van der Waals surface area contributed by atoms with Gasteiger partial charge in [-0.25, -0.2) is 0 Å². The van der Waals surface area contributed by atoms with Crippen molar-refractivity contribution in [2.45, 2.75) is 6.92 Å². The fourth-order valence-electron chi connectivity index (χ4n) is 1.22. The van der Waals surface area contributed by atoms with Crippen LogP contribution in [0.2, 0.25) is 0 Å². The van der Waals surface area contributed by atoms with Crippen molar-refractivity contribution in [1.29, 1.82) is 0 Å². The molecule has 0 bridgehead atoms. The van der Waals surface area contributed by atoms with Crippen molar-refractivity contribution in [3.63, 3.8) is 0 Å². The fourth-order valence-corrected chi connectivity index (χ4v) is 1.77. The molecule has 0 aliphatic heterocycles. The topological polar surface area (TPSA) is 0 Å². The van der Waals surface area contributed by atoms with Crippen LogP contribution in [0.1, 0.15) is 12.5 Å². The van der Waals surface area contributed by atoms with Crippen LogP contribution >= 0.6 is 22.6 Å². The van der Waals surface area contributed by atoms with Gasteiger partial charge in [0.25, 0.3) is 0 Å². The van der Waals surface area contributed by atoms with Gasteiger partial charge in [-0.1, -0.05) is 43.0 Å². The molecule has 0 amide bonds. The Bertz CT molecular complexity index is 373. The molecule has 0 heterocycles. The molecule has 1 aromatic carbocycles. The average Bonchev–Trinajstić information content (AvgIpc) is 2.17. The third kappa shape index (κ3) is 3.14. The van der Waals surface area contributed by atoms with Gasteiger partial charge in [0.2, 0.25) is 0 Å². The summed E-state index contributed by atoms with van der Waals surface area (Å²) >= 11 is 2.32. The van der Waals surface area contributed by atoms with Gasteiger partial charge >= 0.3 is 0 Å². The molecular weight excluding hydrogens is 283 g/mol. The first kappa shape index (κ1) is 11.2. The minimum Gasteiger partial charge on any atom is -0.0990 e. The van der Waals surface area contributed by atoms with E-state index in [-0.39, 0.29) is 0 Å². The Labute approximate surface area is 99.2 Å². The standard InChI is InChI=1S/C13H13I/c1-3-6-11(7-4-2)12-8-5-9-13(14)10-12/h3-10H,1H2,2H3/b7-4-,11-6+. The summed E-state index contributed by atoms with van der Waals surface area (Å²) in [5.74, 6) is 0. The monoisotopic (exact) mass is 296 g/mol. The lowest BCUT2D eigenvalue weighted by molar-refractivity contribution is 1.57. The second kappa shape index (κ2) is 5.81. The quantitative estimate of drug-likeness (QED) is 0.571. The molecule has 0 saturated carbocycles. The molecule has 14 heavy (non-hydrogen) atoms. The van der Waals surface area contributed by atoms with Gasteiger partial charge < -0.3 is 0 Å². The fraction of sp³-hybridized carbons (Fsp3) is 0.0769. The van der Waals surface area contributed by atoms with Gasteiger partial charge in [0.05, 0.1) is 0 Å². The number of allylic oxidation sites excluding steroid dienone is 5. The lowest BCUT2D eigenvalue weighted by Gasteiger charge is -2.02. The zero-order valence-electron chi connectivity index (χ0n) is 8.20. The summed E-state index contributed by atoms with van der Waals surface area (Å²) in [6.07, 6.45) is 7.96. The van der Waals surface area contributed by atoms with Crippen molar-refractivity contribution in [3.05, 3.63) is 64.3 Å².